The lowest BCUT2D eigenvalue weighted by molar-refractivity contribution is -0.402. The average molecular weight is 486 g/mol. The van der Waals surface area contributed by atoms with Crippen molar-refractivity contribution in [2.45, 2.75) is 12.8 Å². The fraction of sp³-hybridized carbons (Fsp3) is 0.0769. The normalized spacial score (nSPS) is 15.1. The zero-order chi connectivity index (χ0) is 24.4. The molecule has 4 aromatic rings. The highest BCUT2D eigenvalue weighted by molar-refractivity contribution is 7.11. The predicted octanol–water partition coefficient (Wildman–Crippen LogP) is 5.91. The highest BCUT2D eigenvalue weighted by atomic mass is 32.1. The number of rotatable bonds is 6. The van der Waals surface area contributed by atoms with E-state index < -0.39 is 16.7 Å². The summed E-state index contributed by atoms with van der Waals surface area (Å²) in [5.74, 6) is -0.201. The van der Waals surface area contributed by atoms with E-state index in [1.807, 2.05) is 53.9 Å². The molecule has 174 valence electrons. The van der Waals surface area contributed by atoms with Crippen molar-refractivity contribution in [2.75, 3.05) is 0 Å². The van der Waals surface area contributed by atoms with Crippen molar-refractivity contribution in [3.8, 4) is 5.75 Å². The van der Waals surface area contributed by atoms with E-state index in [0.29, 0.717) is 5.76 Å². The third kappa shape index (κ3) is 4.36. The molecule has 0 saturated heterocycles. The highest BCUT2D eigenvalue weighted by Crippen LogP contribution is 2.46. The first-order valence-corrected chi connectivity index (χ1v) is 11.6. The summed E-state index contributed by atoms with van der Waals surface area (Å²) >= 11 is 1.54. The zero-order valence-electron chi connectivity index (χ0n) is 18.5. The smallest absolute Gasteiger partial charge is 0.433 e. The van der Waals surface area contributed by atoms with Crippen LogP contribution in [0.5, 0.6) is 5.75 Å². The molecule has 35 heavy (non-hydrogen) atoms. The van der Waals surface area contributed by atoms with Crippen LogP contribution in [-0.4, -0.2) is 17.0 Å². The van der Waals surface area contributed by atoms with Crippen molar-refractivity contribution in [1.29, 1.82) is 0 Å². The summed E-state index contributed by atoms with van der Waals surface area (Å²) < 4.78 is 11.3. The Kier molecular flexibility index (Phi) is 5.99. The minimum absolute atomic E-state index is 0.191. The first-order chi connectivity index (χ1) is 17.0. The number of furan rings is 1. The number of hydrogen-bond acceptors (Lipinski definition) is 7. The van der Waals surface area contributed by atoms with Crippen molar-refractivity contribution in [3.05, 3.63) is 121 Å². The molecule has 2 aromatic carbocycles. The van der Waals surface area contributed by atoms with Crippen LogP contribution in [0.1, 0.15) is 38.0 Å². The van der Waals surface area contributed by atoms with Crippen LogP contribution in [-0.2, 0) is 0 Å². The molecular weight excluding hydrogens is 466 g/mol. The Morgan fingerprint density at radius 1 is 1.06 bits per heavy atom. The number of aryl methyl sites for hydroxylation is 1. The molecule has 0 saturated carbocycles. The van der Waals surface area contributed by atoms with Crippen molar-refractivity contribution in [2.24, 2.45) is 5.10 Å². The Labute approximate surface area is 204 Å². The van der Waals surface area contributed by atoms with E-state index >= 15 is 0 Å². The minimum atomic E-state index is -0.707. The molecule has 5 rings (SSSR count). The number of nitro groups is 1. The van der Waals surface area contributed by atoms with Gasteiger partial charge >= 0.3 is 11.8 Å². The molecule has 3 heterocycles. The van der Waals surface area contributed by atoms with Gasteiger partial charge in [-0.2, -0.15) is 5.10 Å². The van der Waals surface area contributed by atoms with Crippen LogP contribution in [0.25, 0.3) is 5.76 Å². The average Bonchev–Trinajstić information content (AvgIpc) is 3.57. The van der Waals surface area contributed by atoms with Gasteiger partial charge < -0.3 is 9.15 Å². The van der Waals surface area contributed by atoms with Crippen molar-refractivity contribution >= 4 is 35.1 Å². The van der Waals surface area contributed by atoms with Crippen LogP contribution in [0.3, 0.4) is 0 Å². The third-order valence-electron chi connectivity index (χ3n) is 5.62. The molecule has 0 bridgehead atoms. The monoisotopic (exact) mass is 485 g/mol. The van der Waals surface area contributed by atoms with E-state index in [9.17, 15) is 14.9 Å². The quantitative estimate of drug-likeness (QED) is 0.208. The Bertz CT molecular complexity index is 1470. The summed E-state index contributed by atoms with van der Waals surface area (Å²) in [6.45, 7) is 2.05. The first-order valence-electron chi connectivity index (χ1n) is 10.7. The van der Waals surface area contributed by atoms with Crippen molar-refractivity contribution in [3.63, 3.8) is 0 Å². The number of benzene rings is 2. The number of amides is 1. The number of hydrogen-bond donors (Lipinski definition) is 1. The summed E-state index contributed by atoms with van der Waals surface area (Å²) in [5, 5.41) is 17.0. The number of carbonyl (C=O) groups excluding carboxylic acids is 1. The molecule has 1 unspecified atom stereocenters. The molecule has 1 N–H and O–H groups in total. The number of fused-ring (bicyclic) bond motifs is 1. The molecule has 0 spiro atoms. The molecule has 1 amide bonds. The van der Waals surface area contributed by atoms with Gasteiger partial charge in [-0.15, -0.1) is 11.3 Å². The topological polar surface area (TPSA) is 107 Å². The summed E-state index contributed by atoms with van der Waals surface area (Å²) in [6, 6.07) is 22.2. The van der Waals surface area contributed by atoms with E-state index in [2.05, 4.69) is 29.6 Å². The largest absolute Gasteiger partial charge is 0.455 e. The molecule has 1 atom stereocenters. The van der Waals surface area contributed by atoms with Crippen molar-refractivity contribution in [1.82, 2.24) is 5.43 Å². The van der Waals surface area contributed by atoms with Crippen LogP contribution in [0.4, 0.5) is 5.88 Å². The lowest BCUT2D eigenvalue weighted by atomic mass is 9.80. The lowest BCUT2D eigenvalue weighted by Crippen LogP contribution is -2.20. The molecule has 0 radical (unpaired) electrons. The van der Waals surface area contributed by atoms with E-state index in [0.717, 1.165) is 39.0 Å². The van der Waals surface area contributed by atoms with Gasteiger partial charge in [-0.05, 0) is 41.6 Å². The molecule has 8 nitrogen and oxygen atoms in total. The Hall–Kier alpha value is -4.50. The van der Waals surface area contributed by atoms with E-state index in [4.69, 9.17) is 9.15 Å². The number of thiophene rings is 1. The second-order valence-electron chi connectivity index (χ2n) is 7.79. The van der Waals surface area contributed by atoms with Gasteiger partial charge in [-0.3, -0.25) is 14.9 Å². The SMILES string of the molecule is Cc1ccccc1C1C(/C=N/NC(=O)c2ccc([N+](=O)[O-])o2)=C(c2cccs2)Oc2ccccc21. The standard InChI is InChI=1S/C26H19N3O5S/c1-16-7-2-3-8-17(16)24-18-9-4-5-10-20(18)34-25(22-11-6-14-35-22)19(24)15-27-28-26(30)21-12-13-23(33-21)29(31)32/h2-15,24H,1H3,(H,28,30)/b27-15+. The van der Waals surface area contributed by atoms with Gasteiger partial charge in [0.15, 0.2) is 0 Å². The number of allylic oxidation sites excluding steroid dienone is 1. The third-order valence-corrected chi connectivity index (χ3v) is 6.49. The van der Waals surface area contributed by atoms with Crippen molar-refractivity contribution < 1.29 is 18.9 Å². The van der Waals surface area contributed by atoms with E-state index in [-0.39, 0.29) is 11.7 Å². The number of nitrogens with one attached hydrogen (secondary N) is 1. The lowest BCUT2D eigenvalue weighted by Gasteiger charge is -2.30. The maximum Gasteiger partial charge on any atom is 0.433 e. The fourth-order valence-corrected chi connectivity index (χ4v) is 4.75. The molecule has 9 heteroatoms. The fourth-order valence-electron chi connectivity index (χ4n) is 4.02. The van der Waals surface area contributed by atoms with E-state index in [1.165, 1.54) is 6.07 Å². The predicted molar refractivity (Wildman–Crippen MR) is 133 cm³/mol. The number of hydrazone groups is 1. The Morgan fingerprint density at radius 2 is 1.83 bits per heavy atom. The molecule has 0 aliphatic carbocycles. The Morgan fingerprint density at radius 3 is 2.54 bits per heavy atom. The molecule has 1 aliphatic heterocycles. The minimum Gasteiger partial charge on any atom is -0.455 e. The van der Waals surface area contributed by atoms with Gasteiger partial charge in [-0.25, -0.2) is 5.43 Å². The van der Waals surface area contributed by atoms with Gasteiger partial charge in [0.2, 0.25) is 5.76 Å². The Balaban J connectivity index is 1.57. The van der Waals surface area contributed by atoms with Gasteiger partial charge in [0.25, 0.3) is 0 Å². The number of para-hydroxylation sites is 1. The van der Waals surface area contributed by atoms with Crippen LogP contribution >= 0.6 is 11.3 Å². The van der Waals surface area contributed by atoms with Crippen LogP contribution in [0.2, 0.25) is 0 Å². The van der Waals surface area contributed by atoms with Gasteiger partial charge in [-0.1, -0.05) is 48.5 Å². The molecule has 2 aromatic heterocycles. The molecule has 0 fully saturated rings. The number of nitrogens with zero attached hydrogens (tertiary/aromatic N) is 2. The van der Waals surface area contributed by atoms with Gasteiger partial charge in [0.1, 0.15) is 16.4 Å². The van der Waals surface area contributed by atoms with Crippen LogP contribution in [0.15, 0.2) is 93.3 Å². The number of ether oxygens (including phenoxy) is 1. The maximum atomic E-state index is 12.5. The number of carbonyl (C=O) groups is 1. The summed E-state index contributed by atoms with van der Waals surface area (Å²) in [5.41, 5.74) is 6.35. The molecular formula is C26H19N3O5S. The first kappa shape index (κ1) is 22.3. The molecule has 1 aliphatic rings. The van der Waals surface area contributed by atoms with E-state index in [1.54, 1.807) is 17.6 Å². The van der Waals surface area contributed by atoms with Gasteiger partial charge in [0.05, 0.1) is 17.2 Å². The maximum absolute atomic E-state index is 12.5. The second-order valence-corrected chi connectivity index (χ2v) is 8.73. The summed E-state index contributed by atoms with van der Waals surface area (Å²) in [7, 11) is 0. The second kappa shape index (κ2) is 9.40. The van der Waals surface area contributed by atoms with Gasteiger partial charge in [0, 0.05) is 17.1 Å². The summed E-state index contributed by atoms with van der Waals surface area (Å²) in [4.78, 5) is 23.5. The highest BCUT2D eigenvalue weighted by Gasteiger charge is 2.32. The van der Waals surface area contributed by atoms with Crippen LogP contribution in [0, 0.1) is 17.0 Å². The zero-order valence-corrected chi connectivity index (χ0v) is 19.3. The van der Waals surface area contributed by atoms with Crippen LogP contribution < -0.4 is 10.2 Å². The summed E-state index contributed by atoms with van der Waals surface area (Å²) in [6.07, 6.45) is 1.57.